The molecule has 10 rings (SSSR count). The summed E-state index contributed by atoms with van der Waals surface area (Å²) in [6, 6.07) is 11.6. The summed E-state index contributed by atoms with van der Waals surface area (Å²) in [6.07, 6.45) is 10.7. The third-order valence-corrected chi connectivity index (χ3v) is 11.7. The molecule has 4 saturated heterocycles. The lowest BCUT2D eigenvalue weighted by atomic mass is 9.94. The number of alkyl halides is 1. The molecule has 10 nitrogen and oxygen atoms in total. The van der Waals surface area contributed by atoms with Crippen molar-refractivity contribution in [3.05, 3.63) is 65.9 Å². The van der Waals surface area contributed by atoms with Gasteiger partial charge < -0.3 is 20.1 Å². The van der Waals surface area contributed by atoms with Gasteiger partial charge in [-0.1, -0.05) is 24.1 Å². The number of nitrogens with zero attached hydrogens (tertiary/aromatic N) is 6. The van der Waals surface area contributed by atoms with Gasteiger partial charge >= 0.3 is 6.01 Å². The Morgan fingerprint density at radius 2 is 1.85 bits per heavy atom. The Hall–Kier alpha value is -5.45. The number of aromatic nitrogens is 5. The Balaban J connectivity index is 1.26. The van der Waals surface area contributed by atoms with Gasteiger partial charge in [-0.25, -0.2) is 18.2 Å². The van der Waals surface area contributed by atoms with Gasteiger partial charge in [0.15, 0.2) is 5.82 Å². The molecule has 6 aromatic rings. The molecule has 3 aromatic heterocycles. The third kappa shape index (κ3) is 5.10. The molecular formula is C40H35F3N8O2. The van der Waals surface area contributed by atoms with E-state index in [1.54, 1.807) is 6.20 Å². The van der Waals surface area contributed by atoms with Crippen LogP contribution in [0.5, 0.6) is 11.8 Å². The number of anilines is 1. The molecule has 0 amide bonds. The summed E-state index contributed by atoms with van der Waals surface area (Å²) in [5.74, 6) is 1.26. The van der Waals surface area contributed by atoms with Crippen LogP contribution in [0, 0.1) is 24.0 Å². The van der Waals surface area contributed by atoms with E-state index in [-0.39, 0.29) is 58.2 Å². The number of hydrogen-bond donors (Lipinski definition) is 3. The smallest absolute Gasteiger partial charge is 0.319 e. The number of hydrogen-bond acceptors (Lipinski definition) is 9. The number of aromatic amines is 1. The molecule has 4 atom stereocenters. The van der Waals surface area contributed by atoms with E-state index in [1.807, 2.05) is 18.2 Å². The molecule has 0 spiro atoms. The van der Waals surface area contributed by atoms with Crippen molar-refractivity contribution in [1.82, 2.24) is 35.4 Å². The minimum Gasteiger partial charge on any atom is -0.508 e. The molecule has 2 bridgehead atoms. The lowest BCUT2D eigenvalue weighted by molar-refractivity contribution is 0.107. The summed E-state index contributed by atoms with van der Waals surface area (Å²) in [6.45, 7) is 2.57. The molecule has 0 saturated carbocycles. The zero-order valence-electron chi connectivity index (χ0n) is 28.7. The Kier molecular flexibility index (Phi) is 7.32. The number of terminal acetylenes is 1. The number of benzene rings is 3. The van der Waals surface area contributed by atoms with Crippen LogP contribution in [0.4, 0.5) is 19.0 Å². The van der Waals surface area contributed by atoms with Crippen molar-refractivity contribution in [2.24, 2.45) is 0 Å². The highest BCUT2D eigenvalue weighted by Crippen LogP contribution is 2.45. The van der Waals surface area contributed by atoms with E-state index in [1.165, 1.54) is 24.3 Å². The second-order valence-corrected chi connectivity index (χ2v) is 14.9. The van der Waals surface area contributed by atoms with E-state index in [4.69, 9.17) is 26.1 Å². The average Bonchev–Trinajstić information content (AvgIpc) is 3.94. The predicted octanol–water partition coefficient (Wildman–Crippen LogP) is 6.25. The van der Waals surface area contributed by atoms with Crippen LogP contribution in [0.15, 0.2) is 48.7 Å². The topological polar surface area (TPSA) is 115 Å². The zero-order valence-corrected chi connectivity index (χ0v) is 28.7. The monoisotopic (exact) mass is 716 g/mol. The van der Waals surface area contributed by atoms with Crippen LogP contribution >= 0.6 is 0 Å². The van der Waals surface area contributed by atoms with E-state index in [9.17, 15) is 9.50 Å². The standard InChI is InChI=1S/C40H35F3N8O2/c1-2-26-30(42)10-7-21-13-25(52)14-28(32(21)26)36-34(43)37-33(35(46-36)27-5-3-6-31-29(27)16-44-49-31)38(50-18-23-8-9-24(19-50)45-23)48-39(47-37)53-20-40-11-4-12-51(40)17-22(41)15-40/h1,3,5-7,10,13-14,16,22-24,45,52H,4,8-9,11-12,15,17-20H2,(H,44,49)/t22-,23-,24+,40+/m1/s1. The first-order chi connectivity index (χ1) is 25.8. The van der Waals surface area contributed by atoms with E-state index in [0.717, 1.165) is 43.1 Å². The summed E-state index contributed by atoms with van der Waals surface area (Å²) in [7, 11) is 0. The van der Waals surface area contributed by atoms with Gasteiger partial charge in [-0.15, -0.1) is 6.42 Å². The summed E-state index contributed by atoms with van der Waals surface area (Å²) >= 11 is 0. The highest BCUT2D eigenvalue weighted by molar-refractivity contribution is 6.09. The molecule has 53 heavy (non-hydrogen) atoms. The predicted molar refractivity (Wildman–Crippen MR) is 196 cm³/mol. The molecule has 7 heterocycles. The number of nitrogens with one attached hydrogen (secondary N) is 2. The largest absolute Gasteiger partial charge is 0.508 e. The minimum absolute atomic E-state index is 0.0263. The second-order valence-electron chi connectivity index (χ2n) is 14.9. The molecule has 3 aromatic carbocycles. The summed E-state index contributed by atoms with van der Waals surface area (Å²) in [5.41, 5.74) is 1.08. The summed E-state index contributed by atoms with van der Waals surface area (Å²) in [4.78, 5) is 19.1. The van der Waals surface area contributed by atoms with Crippen molar-refractivity contribution < 1.29 is 23.0 Å². The van der Waals surface area contributed by atoms with Crippen LogP contribution in [0.3, 0.4) is 0 Å². The van der Waals surface area contributed by atoms with E-state index >= 15 is 8.78 Å². The van der Waals surface area contributed by atoms with Gasteiger partial charge in [-0.3, -0.25) is 10.00 Å². The normalized spacial score (nSPS) is 24.0. The van der Waals surface area contributed by atoms with E-state index in [2.05, 4.69) is 31.2 Å². The Labute approximate surface area is 302 Å². The number of H-pyrrole nitrogens is 1. The number of halogens is 3. The van der Waals surface area contributed by atoms with Crippen molar-refractivity contribution in [3.63, 3.8) is 0 Å². The molecule has 0 radical (unpaired) electrons. The third-order valence-electron chi connectivity index (χ3n) is 11.7. The average molecular weight is 717 g/mol. The Morgan fingerprint density at radius 3 is 2.68 bits per heavy atom. The lowest BCUT2D eigenvalue weighted by Crippen LogP contribution is -2.51. The van der Waals surface area contributed by atoms with Gasteiger partial charge in [0.2, 0.25) is 0 Å². The van der Waals surface area contributed by atoms with Crippen molar-refractivity contribution in [1.29, 1.82) is 0 Å². The number of phenolic OH excluding ortho intramolecular Hbond substituents is 1. The van der Waals surface area contributed by atoms with Crippen molar-refractivity contribution in [2.75, 3.05) is 37.7 Å². The molecule has 0 unspecified atom stereocenters. The van der Waals surface area contributed by atoms with Crippen LogP contribution in [0.1, 0.15) is 37.7 Å². The molecule has 268 valence electrons. The molecule has 4 aliphatic heterocycles. The molecule has 4 aliphatic rings. The first-order valence-electron chi connectivity index (χ1n) is 18.1. The zero-order chi connectivity index (χ0) is 36.0. The lowest BCUT2D eigenvalue weighted by Gasteiger charge is -2.35. The number of piperazine rings is 1. The van der Waals surface area contributed by atoms with Gasteiger partial charge in [0, 0.05) is 60.0 Å². The summed E-state index contributed by atoms with van der Waals surface area (Å²) < 4.78 is 54.0. The SMILES string of the molecule is C#Cc1c(F)ccc2cc(O)cc(-c3nc(-c4cccc5[nH]ncc45)c4c(N5C[C@H]6CC[C@@H](C5)N6)nc(OC[C@@]56CCCN5C[C@H](F)C6)nc4c3F)c12. The van der Waals surface area contributed by atoms with Gasteiger partial charge in [0.25, 0.3) is 0 Å². The number of aromatic hydroxyl groups is 1. The fraction of sp³-hybridized carbons (Fsp3) is 0.350. The molecule has 0 aliphatic carbocycles. The Bertz CT molecular complexity index is 2510. The maximum Gasteiger partial charge on any atom is 0.319 e. The van der Waals surface area contributed by atoms with Gasteiger partial charge in [-0.2, -0.15) is 15.1 Å². The molecular weight excluding hydrogens is 681 g/mol. The number of fused-ring (bicyclic) bond motifs is 6. The van der Waals surface area contributed by atoms with Crippen LogP contribution < -0.4 is 15.0 Å². The van der Waals surface area contributed by atoms with Crippen LogP contribution in [0.25, 0.3) is 55.1 Å². The first kappa shape index (κ1) is 32.2. The molecule has 4 fully saturated rings. The second kappa shape index (κ2) is 12.0. The van der Waals surface area contributed by atoms with Crippen LogP contribution in [-0.4, -0.2) is 91.7 Å². The maximum absolute atomic E-state index is 17.7. The van der Waals surface area contributed by atoms with E-state index in [0.29, 0.717) is 53.9 Å². The highest BCUT2D eigenvalue weighted by Gasteiger charge is 2.49. The molecule has 3 N–H and O–H groups in total. The quantitative estimate of drug-likeness (QED) is 0.172. The van der Waals surface area contributed by atoms with Crippen molar-refractivity contribution in [2.45, 2.75) is 55.9 Å². The summed E-state index contributed by atoms with van der Waals surface area (Å²) in [5, 5.41) is 23.6. The number of pyridine rings is 1. The highest BCUT2D eigenvalue weighted by atomic mass is 19.1. The van der Waals surface area contributed by atoms with Crippen LogP contribution in [0.2, 0.25) is 0 Å². The Morgan fingerprint density at radius 1 is 1.00 bits per heavy atom. The van der Waals surface area contributed by atoms with Crippen molar-refractivity contribution in [3.8, 4) is 46.6 Å². The number of ether oxygens (including phenoxy) is 1. The first-order valence-corrected chi connectivity index (χ1v) is 18.1. The fourth-order valence-electron chi connectivity index (χ4n) is 9.35. The van der Waals surface area contributed by atoms with Gasteiger partial charge in [-0.05, 0) is 61.9 Å². The number of rotatable bonds is 6. The van der Waals surface area contributed by atoms with E-state index < -0.39 is 23.3 Å². The molecule has 13 heteroatoms. The van der Waals surface area contributed by atoms with Crippen LogP contribution in [-0.2, 0) is 0 Å². The van der Waals surface area contributed by atoms with Crippen molar-refractivity contribution >= 4 is 38.4 Å². The number of phenols is 1. The van der Waals surface area contributed by atoms with Gasteiger partial charge in [0.05, 0.1) is 33.9 Å². The maximum atomic E-state index is 17.7. The minimum atomic E-state index is -0.947. The van der Waals surface area contributed by atoms with Gasteiger partial charge in [0.1, 0.15) is 41.4 Å². The fourth-order valence-corrected chi connectivity index (χ4v) is 9.35.